The first-order chi connectivity index (χ1) is 9.59. The predicted octanol–water partition coefficient (Wildman–Crippen LogP) is 0.861. The topological polar surface area (TPSA) is 67.2 Å². The van der Waals surface area contributed by atoms with Crippen LogP contribution in [0.5, 0.6) is 0 Å². The average molecular weight is 278 g/mol. The molecule has 2 heterocycles. The summed E-state index contributed by atoms with van der Waals surface area (Å²) in [6, 6.07) is 0. The van der Waals surface area contributed by atoms with E-state index in [1.807, 2.05) is 18.9 Å². The van der Waals surface area contributed by atoms with Gasteiger partial charge in [-0.15, -0.1) is 0 Å². The van der Waals surface area contributed by atoms with E-state index in [1.54, 1.807) is 10.9 Å². The lowest BCUT2D eigenvalue weighted by molar-refractivity contribution is -0.130. The van der Waals surface area contributed by atoms with Crippen LogP contribution >= 0.6 is 0 Å². The maximum Gasteiger partial charge on any atom is 0.254 e. The van der Waals surface area contributed by atoms with Crippen LogP contribution in [0.4, 0.5) is 0 Å². The van der Waals surface area contributed by atoms with Gasteiger partial charge in [0.15, 0.2) is 0 Å². The van der Waals surface area contributed by atoms with Crippen molar-refractivity contribution < 1.29 is 9.59 Å². The number of hydrogen-bond acceptors (Lipinski definition) is 3. The van der Waals surface area contributed by atoms with Crippen LogP contribution in [0.25, 0.3) is 0 Å². The van der Waals surface area contributed by atoms with E-state index in [9.17, 15) is 9.59 Å². The first-order valence-corrected chi connectivity index (χ1v) is 7.14. The molecule has 110 valence electrons. The van der Waals surface area contributed by atoms with Crippen molar-refractivity contribution in [1.29, 1.82) is 0 Å². The summed E-state index contributed by atoms with van der Waals surface area (Å²) >= 11 is 0. The molecule has 0 unspecified atom stereocenters. The number of amides is 2. The van der Waals surface area contributed by atoms with E-state index in [2.05, 4.69) is 10.4 Å². The molecule has 0 radical (unpaired) electrons. The van der Waals surface area contributed by atoms with E-state index in [0.717, 1.165) is 31.5 Å². The molecule has 0 aromatic carbocycles. The van der Waals surface area contributed by atoms with Crippen molar-refractivity contribution >= 4 is 11.8 Å². The number of aromatic nitrogens is 2. The zero-order valence-electron chi connectivity index (χ0n) is 12.2. The lowest BCUT2D eigenvalue weighted by Gasteiger charge is -2.20. The Morgan fingerprint density at radius 2 is 2.20 bits per heavy atom. The Labute approximate surface area is 119 Å². The number of hydrogen-bond donors (Lipinski definition) is 1. The molecule has 2 rings (SSSR count). The molecule has 1 aliphatic heterocycles. The molecule has 1 aliphatic rings. The largest absolute Gasteiger partial charge is 0.350 e. The van der Waals surface area contributed by atoms with Crippen LogP contribution in [0.15, 0.2) is 6.20 Å². The van der Waals surface area contributed by atoms with Crippen LogP contribution < -0.4 is 5.32 Å². The zero-order valence-corrected chi connectivity index (χ0v) is 12.2. The normalized spacial score (nSPS) is 16.1. The van der Waals surface area contributed by atoms with Crippen LogP contribution in [0, 0.1) is 6.92 Å². The molecule has 1 N–H and O–H groups in total. The van der Waals surface area contributed by atoms with Crippen molar-refractivity contribution in [2.45, 2.75) is 32.6 Å². The zero-order chi connectivity index (χ0) is 14.5. The van der Waals surface area contributed by atoms with Gasteiger partial charge in [0.25, 0.3) is 5.91 Å². The van der Waals surface area contributed by atoms with Gasteiger partial charge < -0.3 is 10.2 Å². The minimum Gasteiger partial charge on any atom is -0.350 e. The fourth-order valence-electron chi connectivity index (χ4n) is 2.40. The van der Waals surface area contributed by atoms with Crippen molar-refractivity contribution in [3.8, 4) is 0 Å². The van der Waals surface area contributed by atoms with Gasteiger partial charge in [-0.2, -0.15) is 5.10 Å². The second kappa shape index (κ2) is 6.54. The van der Waals surface area contributed by atoms with E-state index < -0.39 is 0 Å². The minimum absolute atomic E-state index is 0.127. The highest BCUT2D eigenvalue weighted by molar-refractivity contribution is 5.95. The summed E-state index contributed by atoms with van der Waals surface area (Å²) in [5.41, 5.74) is 1.43. The molecule has 20 heavy (non-hydrogen) atoms. The van der Waals surface area contributed by atoms with Gasteiger partial charge in [-0.3, -0.25) is 14.3 Å². The molecule has 1 aromatic rings. The molecule has 0 bridgehead atoms. The first kappa shape index (κ1) is 14.6. The number of carbonyl (C=O) groups excluding carboxylic acids is 2. The second-order valence-corrected chi connectivity index (χ2v) is 5.21. The number of carbonyl (C=O) groups is 2. The van der Waals surface area contributed by atoms with Crippen LogP contribution in [-0.4, -0.2) is 46.1 Å². The molecular weight excluding hydrogens is 256 g/mol. The summed E-state index contributed by atoms with van der Waals surface area (Å²) < 4.78 is 1.67. The summed E-state index contributed by atoms with van der Waals surface area (Å²) in [5.74, 6) is 0.0761. The quantitative estimate of drug-likeness (QED) is 0.888. The highest BCUT2D eigenvalue weighted by Gasteiger charge is 2.17. The second-order valence-electron chi connectivity index (χ2n) is 5.21. The van der Waals surface area contributed by atoms with Crippen molar-refractivity contribution in [3.05, 3.63) is 17.5 Å². The van der Waals surface area contributed by atoms with Gasteiger partial charge in [0.1, 0.15) is 0 Å². The summed E-state index contributed by atoms with van der Waals surface area (Å²) in [7, 11) is 1.81. The molecular formula is C14H22N4O2. The maximum absolute atomic E-state index is 12.0. The maximum atomic E-state index is 12.0. The molecule has 0 spiro atoms. The molecule has 1 fully saturated rings. The Hall–Kier alpha value is -1.85. The smallest absolute Gasteiger partial charge is 0.254 e. The Kier molecular flexibility index (Phi) is 4.76. The Morgan fingerprint density at radius 1 is 1.40 bits per heavy atom. The summed E-state index contributed by atoms with van der Waals surface area (Å²) in [4.78, 5) is 25.7. The van der Waals surface area contributed by atoms with Crippen LogP contribution in [0.2, 0.25) is 0 Å². The van der Waals surface area contributed by atoms with Gasteiger partial charge in [0, 0.05) is 38.8 Å². The Bertz CT molecular complexity index is 495. The van der Waals surface area contributed by atoms with E-state index in [1.165, 1.54) is 0 Å². The highest BCUT2D eigenvalue weighted by Crippen LogP contribution is 2.10. The molecule has 6 nitrogen and oxygen atoms in total. The fourth-order valence-corrected chi connectivity index (χ4v) is 2.40. The van der Waals surface area contributed by atoms with Gasteiger partial charge >= 0.3 is 0 Å². The predicted molar refractivity (Wildman–Crippen MR) is 75.3 cm³/mol. The number of aryl methyl sites for hydroxylation is 1. The minimum atomic E-state index is -0.127. The van der Waals surface area contributed by atoms with Crippen LogP contribution in [-0.2, 0) is 11.8 Å². The molecule has 0 saturated carbocycles. The molecule has 1 aromatic heterocycles. The molecule has 0 aliphatic carbocycles. The summed E-state index contributed by atoms with van der Waals surface area (Å²) in [6.07, 6.45) is 5.36. The van der Waals surface area contributed by atoms with E-state index >= 15 is 0 Å². The van der Waals surface area contributed by atoms with Gasteiger partial charge in [-0.05, 0) is 19.8 Å². The van der Waals surface area contributed by atoms with E-state index in [-0.39, 0.29) is 11.8 Å². The van der Waals surface area contributed by atoms with Gasteiger partial charge in [-0.25, -0.2) is 0 Å². The number of nitrogens with one attached hydrogen (secondary N) is 1. The Balaban J connectivity index is 1.82. The standard InChI is InChI=1S/C14H22N4O2/c1-11-12(10-16-17(11)2)14(20)15-7-9-18-8-5-3-4-6-13(18)19/h10H,3-9H2,1-2H3,(H,15,20). The summed E-state index contributed by atoms with van der Waals surface area (Å²) in [6.45, 7) is 3.74. The molecule has 6 heteroatoms. The number of rotatable bonds is 4. The Morgan fingerprint density at radius 3 is 2.90 bits per heavy atom. The molecule has 1 saturated heterocycles. The molecule has 2 amide bonds. The van der Waals surface area contributed by atoms with E-state index in [0.29, 0.717) is 25.1 Å². The van der Waals surface area contributed by atoms with Crippen LogP contribution in [0.1, 0.15) is 41.7 Å². The molecule has 0 atom stereocenters. The lowest BCUT2D eigenvalue weighted by atomic mass is 10.2. The lowest BCUT2D eigenvalue weighted by Crippen LogP contribution is -2.38. The third-order valence-corrected chi connectivity index (χ3v) is 3.82. The SMILES string of the molecule is Cc1c(C(=O)NCCN2CCCCCC2=O)cnn1C. The monoisotopic (exact) mass is 278 g/mol. The third kappa shape index (κ3) is 3.37. The van der Waals surface area contributed by atoms with Crippen molar-refractivity contribution in [1.82, 2.24) is 20.0 Å². The summed E-state index contributed by atoms with van der Waals surface area (Å²) in [5, 5.41) is 6.91. The van der Waals surface area contributed by atoms with Crippen molar-refractivity contribution in [2.24, 2.45) is 7.05 Å². The fraction of sp³-hybridized carbons (Fsp3) is 0.643. The van der Waals surface area contributed by atoms with Crippen molar-refractivity contribution in [2.75, 3.05) is 19.6 Å². The van der Waals surface area contributed by atoms with Gasteiger partial charge in [0.2, 0.25) is 5.91 Å². The third-order valence-electron chi connectivity index (χ3n) is 3.82. The van der Waals surface area contributed by atoms with Gasteiger partial charge in [-0.1, -0.05) is 6.42 Å². The number of likely N-dealkylation sites (tertiary alicyclic amines) is 1. The highest BCUT2D eigenvalue weighted by atomic mass is 16.2. The first-order valence-electron chi connectivity index (χ1n) is 7.14. The van der Waals surface area contributed by atoms with Crippen molar-refractivity contribution in [3.63, 3.8) is 0 Å². The van der Waals surface area contributed by atoms with Gasteiger partial charge in [0.05, 0.1) is 11.8 Å². The number of nitrogens with zero attached hydrogens (tertiary/aromatic N) is 3. The van der Waals surface area contributed by atoms with E-state index in [4.69, 9.17) is 0 Å². The average Bonchev–Trinajstić information content (AvgIpc) is 2.63. The van der Waals surface area contributed by atoms with Crippen LogP contribution in [0.3, 0.4) is 0 Å².